The highest BCUT2D eigenvalue weighted by Crippen LogP contribution is 2.34. The predicted octanol–water partition coefficient (Wildman–Crippen LogP) is 4.81. The number of rotatable bonds is 7. The van der Waals surface area contributed by atoms with Crippen LogP contribution < -0.4 is 15.5 Å². The van der Waals surface area contributed by atoms with Gasteiger partial charge in [0.05, 0.1) is 10.6 Å². The lowest BCUT2D eigenvalue weighted by atomic mass is 9.95. The molecule has 1 aliphatic heterocycles. The minimum Gasteiger partial charge on any atom is -0.355 e. The number of piperidine rings is 1. The summed E-state index contributed by atoms with van der Waals surface area (Å²) in [7, 11) is 0. The summed E-state index contributed by atoms with van der Waals surface area (Å²) in [6, 6.07) is 8.08. The first kappa shape index (κ1) is 25.8. The third kappa shape index (κ3) is 6.62. The van der Waals surface area contributed by atoms with Crippen LogP contribution in [0.3, 0.4) is 0 Å². The lowest BCUT2D eigenvalue weighted by Crippen LogP contribution is -2.40. The molecular formula is C24H28ClF3N4O2. The van der Waals surface area contributed by atoms with Crippen molar-refractivity contribution in [2.45, 2.75) is 51.9 Å². The van der Waals surface area contributed by atoms with E-state index in [1.54, 1.807) is 23.1 Å². The summed E-state index contributed by atoms with van der Waals surface area (Å²) in [5.74, 6) is -0.173. The van der Waals surface area contributed by atoms with Gasteiger partial charge in [-0.25, -0.2) is 4.98 Å². The van der Waals surface area contributed by atoms with Crippen molar-refractivity contribution in [1.29, 1.82) is 0 Å². The number of hydrogen-bond donors (Lipinski definition) is 2. The summed E-state index contributed by atoms with van der Waals surface area (Å²) in [4.78, 5) is 30.7. The fourth-order valence-corrected chi connectivity index (χ4v) is 4.02. The number of amides is 2. The van der Waals surface area contributed by atoms with Crippen LogP contribution >= 0.6 is 11.6 Å². The van der Waals surface area contributed by atoms with Gasteiger partial charge in [-0.1, -0.05) is 30.7 Å². The average Bonchev–Trinajstić information content (AvgIpc) is 2.82. The van der Waals surface area contributed by atoms with Gasteiger partial charge in [0, 0.05) is 43.4 Å². The van der Waals surface area contributed by atoms with E-state index >= 15 is 0 Å². The molecule has 3 rings (SSSR count). The maximum Gasteiger partial charge on any atom is 0.417 e. The molecule has 1 aromatic heterocycles. The number of halogens is 4. The van der Waals surface area contributed by atoms with Gasteiger partial charge in [0.25, 0.3) is 5.91 Å². The largest absolute Gasteiger partial charge is 0.417 e. The Balaban J connectivity index is 1.52. The standard InChI is InChI=1S/C24H28ClF3N4O2/c1-3-15(2)31-23(34)18-6-4-5-16(11-18)13-30-22(33)17-7-9-32(10-8-17)21-20(25)12-19(14-29-21)24(26,27)28/h4-6,11-12,14-15,17H,3,7-10,13H2,1-2H3,(H,30,33)(H,31,34). The number of hydrogen-bond acceptors (Lipinski definition) is 4. The number of carbonyl (C=O) groups is 2. The Morgan fingerprint density at radius 1 is 1.24 bits per heavy atom. The molecule has 1 fully saturated rings. The minimum absolute atomic E-state index is 0.0602. The Bertz CT molecular complexity index is 1020. The van der Waals surface area contributed by atoms with Crippen LogP contribution in [-0.2, 0) is 17.5 Å². The van der Waals surface area contributed by atoms with Crippen LogP contribution in [0.2, 0.25) is 5.02 Å². The van der Waals surface area contributed by atoms with E-state index in [2.05, 4.69) is 15.6 Å². The van der Waals surface area contributed by atoms with Crippen molar-refractivity contribution in [2.75, 3.05) is 18.0 Å². The first-order valence-electron chi connectivity index (χ1n) is 11.2. The quantitative estimate of drug-likeness (QED) is 0.576. The van der Waals surface area contributed by atoms with Gasteiger partial charge >= 0.3 is 6.18 Å². The van der Waals surface area contributed by atoms with Crippen LogP contribution in [0.25, 0.3) is 0 Å². The Morgan fingerprint density at radius 3 is 2.56 bits per heavy atom. The Morgan fingerprint density at radius 2 is 1.94 bits per heavy atom. The number of carbonyl (C=O) groups excluding carboxylic acids is 2. The molecule has 1 saturated heterocycles. The van der Waals surface area contributed by atoms with Gasteiger partial charge < -0.3 is 15.5 Å². The van der Waals surface area contributed by atoms with Crippen molar-refractivity contribution in [2.24, 2.45) is 5.92 Å². The monoisotopic (exact) mass is 496 g/mol. The molecule has 184 valence electrons. The van der Waals surface area contributed by atoms with Crippen molar-refractivity contribution < 1.29 is 22.8 Å². The Kier molecular flexibility index (Phi) is 8.41. The molecule has 0 radical (unpaired) electrons. The van der Waals surface area contributed by atoms with Crippen LogP contribution in [0, 0.1) is 5.92 Å². The van der Waals surface area contributed by atoms with Crippen LogP contribution in [0.5, 0.6) is 0 Å². The van der Waals surface area contributed by atoms with Gasteiger partial charge in [0.2, 0.25) is 5.91 Å². The van der Waals surface area contributed by atoms with E-state index in [1.165, 1.54) is 0 Å². The van der Waals surface area contributed by atoms with Crippen molar-refractivity contribution in [3.8, 4) is 0 Å². The summed E-state index contributed by atoms with van der Waals surface area (Å²) in [6.07, 6.45) is -1.83. The molecule has 2 heterocycles. The van der Waals surface area contributed by atoms with E-state index in [0.29, 0.717) is 43.9 Å². The number of anilines is 1. The maximum absolute atomic E-state index is 12.8. The number of aromatic nitrogens is 1. The van der Waals surface area contributed by atoms with Crippen LogP contribution in [0.15, 0.2) is 36.5 Å². The van der Waals surface area contributed by atoms with E-state index in [1.807, 2.05) is 19.9 Å². The van der Waals surface area contributed by atoms with Gasteiger partial charge in [-0.05, 0) is 49.9 Å². The molecule has 6 nitrogen and oxygen atoms in total. The van der Waals surface area contributed by atoms with E-state index < -0.39 is 11.7 Å². The van der Waals surface area contributed by atoms with Crippen LogP contribution in [0.4, 0.5) is 19.0 Å². The molecule has 0 saturated carbocycles. The molecule has 10 heteroatoms. The zero-order chi connectivity index (χ0) is 24.9. The second kappa shape index (κ2) is 11.1. The normalized spacial score (nSPS) is 15.6. The maximum atomic E-state index is 12.8. The Hall–Kier alpha value is -2.81. The number of pyridine rings is 1. The average molecular weight is 497 g/mol. The van der Waals surface area contributed by atoms with Crippen LogP contribution in [-0.4, -0.2) is 35.9 Å². The summed E-state index contributed by atoms with van der Waals surface area (Å²) in [5.41, 5.74) is 0.474. The van der Waals surface area contributed by atoms with E-state index in [9.17, 15) is 22.8 Å². The molecule has 1 aromatic carbocycles. The van der Waals surface area contributed by atoms with Gasteiger partial charge in [0.1, 0.15) is 5.82 Å². The topological polar surface area (TPSA) is 74.3 Å². The minimum atomic E-state index is -4.50. The van der Waals surface area contributed by atoms with Crippen molar-refractivity contribution in [3.05, 3.63) is 58.2 Å². The predicted molar refractivity (Wildman–Crippen MR) is 125 cm³/mol. The molecule has 0 spiro atoms. The van der Waals surface area contributed by atoms with Crippen molar-refractivity contribution >= 4 is 29.2 Å². The van der Waals surface area contributed by atoms with Gasteiger partial charge in [-0.3, -0.25) is 9.59 Å². The molecule has 2 amide bonds. The molecule has 1 aliphatic rings. The molecule has 1 unspecified atom stereocenters. The fourth-order valence-electron chi connectivity index (χ4n) is 3.74. The summed E-state index contributed by atoms with van der Waals surface area (Å²) >= 11 is 6.04. The third-order valence-electron chi connectivity index (χ3n) is 5.96. The highest BCUT2D eigenvalue weighted by Gasteiger charge is 2.33. The molecule has 0 bridgehead atoms. The van der Waals surface area contributed by atoms with Crippen molar-refractivity contribution in [3.63, 3.8) is 0 Å². The molecule has 2 N–H and O–H groups in total. The number of alkyl halides is 3. The molecule has 1 atom stereocenters. The first-order chi connectivity index (χ1) is 16.1. The molecule has 0 aliphatic carbocycles. The molecule has 34 heavy (non-hydrogen) atoms. The lowest BCUT2D eigenvalue weighted by Gasteiger charge is -2.32. The van der Waals surface area contributed by atoms with E-state index in [4.69, 9.17) is 11.6 Å². The summed E-state index contributed by atoms with van der Waals surface area (Å²) in [6.45, 7) is 5.16. The van der Waals surface area contributed by atoms with E-state index in [0.717, 1.165) is 24.2 Å². The Labute approximate surface area is 201 Å². The second-order valence-electron chi connectivity index (χ2n) is 8.49. The zero-order valence-electron chi connectivity index (χ0n) is 19.1. The van der Waals surface area contributed by atoms with E-state index in [-0.39, 0.29) is 28.8 Å². The van der Waals surface area contributed by atoms with Gasteiger partial charge in [-0.15, -0.1) is 0 Å². The number of nitrogens with zero attached hydrogens (tertiary/aromatic N) is 2. The number of nitrogens with one attached hydrogen (secondary N) is 2. The fraction of sp³-hybridized carbons (Fsp3) is 0.458. The van der Waals surface area contributed by atoms with Crippen LogP contribution in [0.1, 0.15) is 54.6 Å². The van der Waals surface area contributed by atoms with Gasteiger partial charge in [0.15, 0.2) is 0 Å². The number of benzene rings is 1. The molecular weight excluding hydrogens is 469 g/mol. The van der Waals surface area contributed by atoms with Crippen molar-refractivity contribution in [1.82, 2.24) is 15.6 Å². The van der Waals surface area contributed by atoms with Gasteiger partial charge in [-0.2, -0.15) is 13.2 Å². The lowest BCUT2D eigenvalue weighted by molar-refractivity contribution is -0.137. The second-order valence-corrected chi connectivity index (χ2v) is 8.90. The SMILES string of the molecule is CCC(C)NC(=O)c1cccc(CNC(=O)C2CCN(c3ncc(C(F)(F)F)cc3Cl)CC2)c1. The summed E-state index contributed by atoms with van der Waals surface area (Å²) in [5, 5.41) is 5.78. The highest BCUT2D eigenvalue weighted by molar-refractivity contribution is 6.33. The smallest absolute Gasteiger partial charge is 0.355 e. The highest BCUT2D eigenvalue weighted by atomic mass is 35.5. The third-order valence-corrected chi connectivity index (χ3v) is 6.24. The zero-order valence-corrected chi connectivity index (χ0v) is 19.8. The first-order valence-corrected chi connectivity index (χ1v) is 11.6. The summed E-state index contributed by atoms with van der Waals surface area (Å²) < 4.78 is 38.5. The molecule has 2 aromatic rings.